The fourth-order valence-electron chi connectivity index (χ4n) is 1.76. The molecule has 0 fully saturated rings. The van der Waals surface area contributed by atoms with Crippen molar-refractivity contribution in [1.82, 2.24) is 20.1 Å². The van der Waals surface area contributed by atoms with Crippen LogP contribution < -0.4 is 5.32 Å². The standard InChI is InChI=1S/C13H14FN5/c1-19-9-17-18-12(19)5-6-16-8-11-4-2-3-10(7-15)13(11)14/h2-4,9,16H,5-6,8H2,1H3. The summed E-state index contributed by atoms with van der Waals surface area (Å²) >= 11 is 0. The summed E-state index contributed by atoms with van der Waals surface area (Å²) in [5.41, 5.74) is 0.574. The largest absolute Gasteiger partial charge is 0.321 e. The number of hydrogen-bond acceptors (Lipinski definition) is 4. The molecule has 2 rings (SSSR count). The van der Waals surface area contributed by atoms with Gasteiger partial charge in [0.05, 0.1) is 5.56 Å². The van der Waals surface area contributed by atoms with Crippen molar-refractivity contribution in [3.05, 3.63) is 47.3 Å². The molecule has 1 aromatic heterocycles. The highest BCUT2D eigenvalue weighted by Crippen LogP contribution is 2.11. The van der Waals surface area contributed by atoms with Crippen molar-refractivity contribution in [2.24, 2.45) is 7.05 Å². The van der Waals surface area contributed by atoms with E-state index in [9.17, 15) is 4.39 Å². The van der Waals surface area contributed by atoms with Gasteiger partial charge < -0.3 is 9.88 Å². The number of benzene rings is 1. The molecule has 1 heterocycles. The molecular weight excluding hydrogens is 245 g/mol. The van der Waals surface area contributed by atoms with Crippen molar-refractivity contribution >= 4 is 0 Å². The average molecular weight is 259 g/mol. The highest BCUT2D eigenvalue weighted by atomic mass is 19.1. The summed E-state index contributed by atoms with van der Waals surface area (Å²) in [6.07, 6.45) is 2.36. The maximum Gasteiger partial charge on any atom is 0.145 e. The summed E-state index contributed by atoms with van der Waals surface area (Å²) in [5.74, 6) is 0.426. The summed E-state index contributed by atoms with van der Waals surface area (Å²) in [5, 5.41) is 19.6. The Balaban J connectivity index is 1.87. The van der Waals surface area contributed by atoms with Gasteiger partial charge in [-0.3, -0.25) is 0 Å². The minimum absolute atomic E-state index is 0.0765. The number of nitrogens with one attached hydrogen (secondary N) is 1. The molecule has 0 radical (unpaired) electrons. The van der Waals surface area contributed by atoms with E-state index in [0.29, 0.717) is 18.7 Å². The van der Waals surface area contributed by atoms with Crippen LogP contribution in [0.25, 0.3) is 0 Å². The fourth-order valence-corrected chi connectivity index (χ4v) is 1.76. The first-order valence-electron chi connectivity index (χ1n) is 5.93. The minimum Gasteiger partial charge on any atom is -0.321 e. The number of halogens is 1. The average Bonchev–Trinajstić information content (AvgIpc) is 2.82. The van der Waals surface area contributed by atoms with E-state index in [-0.39, 0.29) is 5.56 Å². The van der Waals surface area contributed by atoms with E-state index in [1.54, 1.807) is 18.5 Å². The molecular formula is C13H14FN5. The second kappa shape index (κ2) is 6.07. The van der Waals surface area contributed by atoms with Crippen molar-refractivity contribution in [2.75, 3.05) is 6.54 Å². The molecule has 5 nitrogen and oxygen atoms in total. The second-order valence-corrected chi connectivity index (χ2v) is 4.18. The van der Waals surface area contributed by atoms with Crippen LogP contribution in [0.5, 0.6) is 0 Å². The monoisotopic (exact) mass is 259 g/mol. The normalized spacial score (nSPS) is 10.4. The lowest BCUT2D eigenvalue weighted by atomic mass is 10.1. The molecule has 0 aliphatic heterocycles. The van der Waals surface area contributed by atoms with Crippen LogP contribution >= 0.6 is 0 Å². The number of rotatable bonds is 5. The maximum atomic E-state index is 13.7. The molecule has 0 aliphatic carbocycles. The lowest BCUT2D eigenvalue weighted by molar-refractivity contribution is 0.581. The van der Waals surface area contributed by atoms with Gasteiger partial charge in [0, 0.05) is 32.1 Å². The molecule has 0 bridgehead atoms. The van der Waals surface area contributed by atoms with Gasteiger partial charge >= 0.3 is 0 Å². The molecule has 0 amide bonds. The maximum absolute atomic E-state index is 13.7. The van der Waals surface area contributed by atoms with Gasteiger partial charge in [-0.2, -0.15) is 5.26 Å². The molecule has 98 valence electrons. The van der Waals surface area contributed by atoms with Crippen molar-refractivity contribution in [1.29, 1.82) is 5.26 Å². The van der Waals surface area contributed by atoms with E-state index in [4.69, 9.17) is 5.26 Å². The van der Waals surface area contributed by atoms with E-state index in [2.05, 4.69) is 15.5 Å². The first kappa shape index (κ1) is 13.2. The van der Waals surface area contributed by atoms with Crippen molar-refractivity contribution in [3.63, 3.8) is 0 Å². The van der Waals surface area contributed by atoms with Crippen LogP contribution in [0.2, 0.25) is 0 Å². The quantitative estimate of drug-likeness (QED) is 0.818. The lowest BCUT2D eigenvalue weighted by Gasteiger charge is -2.06. The molecule has 19 heavy (non-hydrogen) atoms. The van der Waals surface area contributed by atoms with Crippen LogP contribution in [-0.4, -0.2) is 21.3 Å². The molecule has 0 saturated carbocycles. The van der Waals surface area contributed by atoms with Gasteiger partial charge in [-0.25, -0.2) is 4.39 Å². The minimum atomic E-state index is -0.448. The highest BCUT2D eigenvalue weighted by molar-refractivity contribution is 5.34. The molecule has 0 unspecified atom stereocenters. The first-order chi connectivity index (χ1) is 9.22. The number of nitrogens with zero attached hydrogens (tertiary/aromatic N) is 4. The third-order valence-corrected chi connectivity index (χ3v) is 2.85. The number of nitriles is 1. The van der Waals surface area contributed by atoms with Gasteiger partial charge in [-0.1, -0.05) is 12.1 Å². The molecule has 0 aliphatic rings. The molecule has 0 spiro atoms. The zero-order valence-electron chi connectivity index (χ0n) is 10.6. The molecule has 1 aromatic carbocycles. The van der Waals surface area contributed by atoms with Gasteiger partial charge in [0.2, 0.25) is 0 Å². The predicted molar refractivity (Wildman–Crippen MR) is 67.5 cm³/mol. The topological polar surface area (TPSA) is 66.5 Å². The Morgan fingerprint density at radius 2 is 2.32 bits per heavy atom. The van der Waals surface area contributed by atoms with E-state index >= 15 is 0 Å². The zero-order valence-corrected chi connectivity index (χ0v) is 10.6. The highest BCUT2D eigenvalue weighted by Gasteiger charge is 2.07. The van der Waals surface area contributed by atoms with Crippen LogP contribution in [0.4, 0.5) is 4.39 Å². The van der Waals surface area contributed by atoms with Crippen LogP contribution in [0.1, 0.15) is 17.0 Å². The predicted octanol–water partition coefficient (Wildman–Crippen LogP) is 1.16. The Hall–Kier alpha value is -2.26. The smallest absolute Gasteiger partial charge is 0.145 e. The summed E-state index contributed by atoms with van der Waals surface area (Å²) < 4.78 is 15.6. The van der Waals surface area contributed by atoms with Crippen LogP contribution in [-0.2, 0) is 20.0 Å². The van der Waals surface area contributed by atoms with E-state index in [0.717, 1.165) is 12.2 Å². The number of aromatic nitrogens is 3. The molecule has 6 heteroatoms. The van der Waals surface area contributed by atoms with Crippen LogP contribution in [0, 0.1) is 17.1 Å². The summed E-state index contributed by atoms with van der Waals surface area (Å²) in [4.78, 5) is 0. The fraction of sp³-hybridized carbons (Fsp3) is 0.308. The van der Waals surface area contributed by atoms with Crippen molar-refractivity contribution in [2.45, 2.75) is 13.0 Å². The number of hydrogen-bond donors (Lipinski definition) is 1. The first-order valence-corrected chi connectivity index (χ1v) is 5.93. The third-order valence-electron chi connectivity index (χ3n) is 2.85. The molecule has 1 N–H and O–H groups in total. The zero-order chi connectivity index (χ0) is 13.7. The van der Waals surface area contributed by atoms with E-state index in [1.807, 2.05) is 17.7 Å². The lowest BCUT2D eigenvalue weighted by Crippen LogP contribution is -2.19. The molecule has 0 saturated heterocycles. The van der Waals surface area contributed by atoms with Crippen LogP contribution in [0.15, 0.2) is 24.5 Å². The Labute approximate surface area is 110 Å². The number of aryl methyl sites for hydroxylation is 1. The molecule has 0 atom stereocenters. The van der Waals surface area contributed by atoms with Crippen molar-refractivity contribution in [3.8, 4) is 6.07 Å². The second-order valence-electron chi connectivity index (χ2n) is 4.18. The Bertz CT molecular complexity index is 599. The third kappa shape index (κ3) is 3.14. The summed E-state index contributed by atoms with van der Waals surface area (Å²) in [7, 11) is 1.88. The van der Waals surface area contributed by atoms with E-state index in [1.165, 1.54) is 6.07 Å². The van der Waals surface area contributed by atoms with E-state index < -0.39 is 5.82 Å². The van der Waals surface area contributed by atoms with Gasteiger partial charge in [0.15, 0.2) is 0 Å². The van der Waals surface area contributed by atoms with Gasteiger partial charge in [0.1, 0.15) is 24.0 Å². The van der Waals surface area contributed by atoms with Gasteiger partial charge in [0.25, 0.3) is 0 Å². The summed E-state index contributed by atoms with van der Waals surface area (Å²) in [6, 6.07) is 6.66. The van der Waals surface area contributed by atoms with Gasteiger partial charge in [-0.15, -0.1) is 10.2 Å². The summed E-state index contributed by atoms with van der Waals surface area (Å²) in [6.45, 7) is 1.06. The Morgan fingerprint density at radius 3 is 3.00 bits per heavy atom. The Kier molecular flexibility index (Phi) is 4.21. The van der Waals surface area contributed by atoms with Crippen molar-refractivity contribution < 1.29 is 4.39 Å². The molecule has 2 aromatic rings. The van der Waals surface area contributed by atoms with Crippen LogP contribution in [0.3, 0.4) is 0 Å². The SMILES string of the molecule is Cn1cnnc1CCNCc1cccc(C#N)c1F. The van der Waals surface area contributed by atoms with Gasteiger partial charge in [-0.05, 0) is 6.07 Å². The Morgan fingerprint density at radius 1 is 1.47 bits per heavy atom.